The van der Waals surface area contributed by atoms with E-state index in [4.69, 9.17) is 9.47 Å². The first-order valence-electron chi connectivity index (χ1n) is 26.5. The second kappa shape index (κ2) is 49.3. The Labute approximate surface area is 358 Å². The number of rotatable bonds is 49. The van der Waals surface area contributed by atoms with Gasteiger partial charge in [-0.05, 0) is 19.3 Å². The van der Waals surface area contributed by atoms with Crippen LogP contribution in [0.15, 0.2) is 0 Å². The van der Waals surface area contributed by atoms with Crippen molar-refractivity contribution in [3.05, 3.63) is 0 Å². The molecule has 0 aliphatic carbocycles. The van der Waals surface area contributed by atoms with Gasteiger partial charge in [0.2, 0.25) is 6.29 Å². The third-order valence-electron chi connectivity index (χ3n) is 12.3. The van der Waals surface area contributed by atoms with Gasteiger partial charge in [0.1, 0.15) is 0 Å². The number of carbonyl (C=O) groups is 2. The summed E-state index contributed by atoms with van der Waals surface area (Å²) in [7, 11) is 0. The normalized spacial score (nSPS) is 11.5. The molecular formula is C53H104O4. The first-order chi connectivity index (χ1) is 28.1. The maximum absolute atomic E-state index is 12.7. The van der Waals surface area contributed by atoms with Gasteiger partial charge in [0.15, 0.2) is 0 Å². The standard InChI is InChI=1S/C53H104O4/c1-4-7-10-13-16-18-20-22-24-26-28-30-32-34-36-38-40-42-45-48-51(54)56-53(50-47-44-15-12-9-6-3)57-52(55)49-46-43-41-39-37-35-33-31-29-27-25-23-21-19-17-14-11-8-5-2/h53H,4-50H2,1-3H3. The van der Waals surface area contributed by atoms with E-state index in [1.807, 2.05) is 0 Å². The van der Waals surface area contributed by atoms with Gasteiger partial charge in [-0.25, -0.2) is 0 Å². The van der Waals surface area contributed by atoms with Crippen molar-refractivity contribution in [2.75, 3.05) is 0 Å². The molecule has 4 nitrogen and oxygen atoms in total. The highest BCUT2D eigenvalue weighted by molar-refractivity contribution is 5.71. The molecule has 0 heterocycles. The molecule has 0 amide bonds. The number of esters is 2. The van der Waals surface area contributed by atoms with Gasteiger partial charge >= 0.3 is 11.9 Å². The summed E-state index contributed by atoms with van der Waals surface area (Å²) >= 11 is 0. The van der Waals surface area contributed by atoms with Gasteiger partial charge in [-0.3, -0.25) is 9.59 Å². The molecule has 0 aromatic rings. The summed E-state index contributed by atoms with van der Waals surface area (Å²) in [6.45, 7) is 6.82. The molecule has 0 N–H and O–H groups in total. The summed E-state index contributed by atoms with van der Waals surface area (Å²) in [5, 5.41) is 0. The number of hydrogen-bond donors (Lipinski definition) is 0. The fourth-order valence-electron chi connectivity index (χ4n) is 8.34. The fourth-order valence-corrected chi connectivity index (χ4v) is 8.34. The third-order valence-corrected chi connectivity index (χ3v) is 12.3. The van der Waals surface area contributed by atoms with Gasteiger partial charge in [0.05, 0.1) is 0 Å². The van der Waals surface area contributed by atoms with E-state index in [1.165, 1.54) is 244 Å². The maximum atomic E-state index is 12.7. The number of hydrogen-bond acceptors (Lipinski definition) is 4. The Morgan fingerprint density at radius 1 is 0.263 bits per heavy atom. The molecule has 0 aliphatic heterocycles. The molecule has 0 rings (SSSR count). The van der Waals surface area contributed by atoms with Crippen molar-refractivity contribution in [1.82, 2.24) is 0 Å². The van der Waals surface area contributed by atoms with Crippen LogP contribution in [0.4, 0.5) is 0 Å². The van der Waals surface area contributed by atoms with E-state index < -0.39 is 6.29 Å². The van der Waals surface area contributed by atoms with Crippen LogP contribution >= 0.6 is 0 Å². The molecular weight excluding hydrogens is 701 g/mol. The van der Waals surface area contributed by atoms with Crippen molar-refractivity contribution >= 4 is 11.9 Å². The van der Waals surface area contributed by atoms with Crippen LogP contribution in [0.2, 0.25) is 0 Å². The molecule has 0 spiro atoms. The molecule has 0 unspecified atom stereocenters. The van der Waals surface area contributed by atoms with E-state index in [2.05, 4.69) is 20.8 Å². The van der Waals surface area contributed by atoms with E-state index in [1.54, 1.807) is 0 Å². The lowest BCUT2D eigenvalue weighted by molar-refractivity contribution is -0.189. The summed E-state index contributed by atoms with van der Waals surface area (Å²) in [4.78, 5) is 25.4. The van der Waals surface area contributed by atoms with Crippen LogP contribution in [0, 0.1) is 0 Å². The van der Waals surface area contributed by atoms with E-state index in [0.717, 1.165) is 38.5 Å². The fraction of sp³-hybridized carbons (Fsp3) is 0.962. The summed E-state index contributed by atoms with van der Waals surface area (Å²) in [6.07, 6.45) is 58.8. The predicted molar refractivity (Wildman–Crippen MR) is 250 cm³/mol. The van der Waals surface area contributed by atoms with Gasteiger partial charge < -0.3 is 9.47 Å². The lowest BCUT2D eigenvalue weighted by Gasteiger charge is -2.18. The van der Waals surface area contributed by atoms with Crippen LogP contribution in [0.3, 0.4) is 0 Å². The zero-order chi connectivity index (χ0) is 41.4. The average molecular weight is 805 g/mol. The van der Waals surface area contributed by atoms with E-state index in [-0.39, 0.29) is 11.9 Å². The van der Waals surface area contributed by atoms with Crippen molar-refractivity contribution < 1.29 is 19.1 Å². The minimum absolute atomic E-state index is 0.200. The van der Waals surface area contributed by atoms with E-state index in [0.29, 0.717) is 19.3 Å². The zero-order valence-corrected chi connectivity index (χ0v) is 39.4. The van der Waals surface area contributed by atoms with Crippen LogP contribution in [0.5, 0.6) is 0 Å². The Hall–Kier alpha value is -1.06. The van der Waals surface area contributed by atoms with E-state index >= 15 is 0 Å². The molecule has 0 saturated carbocycles. The molecule has 0 aromatic heterocycles. The smallest absolute Gasteiger partial charge is 0.308 e. The van der Waals surface area contributed by atoms with Crippen molar-refractivity contribution in [2.45, 2.75) is 329 Å². The monoisotopic (exact) mass is 805 g/mol. The highest BCUT2D eigenvalue weighted by Gasteiger charge is 2.19. The summed E-state index contributed by atoms with van der Waals surface area (Å²) < 4.78 is 11.5. The summed E-state index contributed by atoms with van der Waals surface area (Å²) in [6, 6.07) is 0. The zero-order valence-electron chi connectivity index (χ0n) is 39.4. The average Bonchev–Trinajstić information content (AvgIpc) is 3.20. The Morgan fingerprint density at radius 2 is 0.439 bits per heavy atom. The third kappa shape index (κ3) is 47.5. The molecule has 0 saturated heterocycles. The number of ether oxygens (including phenoxy) is 2. The maximum Gasteiger partial charge on any atom is 0.308 e. The largest absolute Gasteiger partial charge is 0.425 e. The Balaban J connectivity index is 3.88. The molecule has 340 valence electrons. The van der Waals surface area contributed by atoms with Gasteiger partial charge in [-0.15, -0.1) is 0 Å². The van der Waals surface area contributed by atoms with Crippen molar-refractivity contribution in [2.24, 2.45) is 0 Å². The SMILES string of the molecule is CCCCCCCCCCCCCCCCCCCCCC(=O)OC(CCCCCCCC)OC(=O)CCCCCCCCCCCCCCCCCCCCC. The molecule has 57 heavy (non-hydrogen) atoms. The lowest BCUT2D eigenvalue weighted by Crippen LogP contribution is -2.24. The second-order valence-corrected chi connectivity index (χ2v) is 18.2. The van der Waals surface area contributed by atoms with Crippen LogP contribution in [0.25, 0.3) is 0 Å². The molecule has 0 aromatic carbocycles. The van der Waals surface area contributed by atoms with Crippen LogP contribution in [0.1, 0.15) is 323 Å². The van der Waals surface area contributed by atoms with Crippen molar-refractivity contribution in [1.29, 1.82) is 0 Å². The highest BCUT2D eigenvalue weighted by Crippen LogP contribution is 2.19. The number of carbonyl (C=O) groups excluding carboxylic acids is 2. The number of unbranched alkanes of at least 4 members (excludes halogenated alkanes) is 41. The molecule has 4 heteroatoms. The van der Waals surface area contributed by atoms with Crippen molar-refractivity contribution in [3.8, 4) is 0 Å². The molecule has 0 bridgehead atoms. The summed E-state index contributed by atoms with van der Waals surface area (Å²) in [5.74, 6) is -0.400. The first-order valence-corrected chi connectivity index (χ1v) is 26.5. The Morgan fingerprint density at radius 3 is 0.649 bits per heavy atom. The molecule has 0 radical (unpaired) electrons. The second-order valence-electron chi connectivity index (χ2n) is 18.2. The van der Waals surface area contributed by atoms with Crippen molar-refractivity contribution in [3.63, 3.8) is 0 Å². The summed E-state index contributed by atoms with van der Waals surface area (Å²) in [5.41, 5.74) is 0. The van der Waals surface area contributed by atoms with Gasteiger partial charge in [0.25, 0.3) is 0 Å². The van der Waals surface area contributed by atoms with Gasteiger partial charge in [-0.2, -0.15) is 0 Å². The van der Waals surface area contributed by atoms with Gasteiger partial charge in [0, 0.05) is 19.3 Å². The molecule has 0 fully saturated rings. The first kappa shape index (κ1) is 55.9. The lowest BCUT2D eigenvalue weighted by atomic mass is 10.0. The Kier molecular flexibility index (Phi) is 48.4. The highest BCUT2D eigenvalue weighted by atomic mass is 16.7. The quantitative estimate of drug-likeness (QED) is 0.0349. The van der Waals surface area contributed by atoms with Crippen LogP contribution in [-0.4, -0.2) is 18.2 Å². The van der Waals surface area contributed by atoms with Gasteiger partial charge in [-0.1, -0.05) is 284 Å². The van der Waals surface area contributed by atoms with E-state index in [9.17, 15) is 9.59 Å². The Bertz CT molecular complexity index is 725. The minimum Gasteiger partial charge on any atom is -0.425 e. The molecule has 0 aliphatic rings. The minimum atomic E-state index is -0.711. The van der Waals surface area contributed by atoms with Crippen LogP contribution in [-0.2, 0) is 19.1 Å². The topological polar surface area (TPSA) is 52.6 Å². The predicted octanol–water partition coefficient (Wildman–Crippen LogP) is 18.8. The molecule has 0 atom stereocenters. The van der Waals surface area contributed by atoms with Crippen LogP contribution < -0.4 is 0 Å².